The summed E-state index contributed by atoms with van der Waals surface area (Å²) in [5, 5.41) is 3.13. The van der Waals surface area contributed by atoms with E-state index < -0.39 is 0 Å². The topological polar surface area (TPSA) is 55.1 Å². The van der Waals surface area contributed by atoms with Crippen LogP contribution < -0.4 is 11.1 Å². The highest BCUT2D eigenvalue weighted by Crippen LogP contribution is 2.18. The van der Waals surface area contributed by atoms with E-state index in [1.54, 1.807) is 0 Å². The molecule has 3 heteroatoms. The Balaban J connectivity index is 1.95. The van der Waals surface area contributed by atoms with Gasteiger partial charge in [0.1, 0.15) is 0 Å². The molecule has 1 atom stereocenters. The minimum absolute atomic E-state index is 0.0545. The van der Waals surface area contributed by atoms with Crippen molar-refractivity contribution < 1.29 is 4.79 Å². The van der Waals surface area contributed by atoms with Crippen molar-refractivity contribution in [2.75, 3.05) is 6.54 Å². The predicted molar refractivity (Wildman–Crippen MR) is 78.3 cm³/mol. The van der Waals surface area contributed by atoms with Gasteiger partial charge in [-0.2, -0.15) is 0 Å². The summed E-state index contributed by atoms with van der Waals surface area (Å²) in [5.41, 5.74) is 7.59. The fourth-order valence-electron chi connectivity index (χ4n) is 2.61. The summed E-state index contributed by atoms with van der Waals surface area (Å²) < 4.78 is 0. The van der Waals surface area contributed by atoms with E-state index in [0.717, 1.165) is 18.4 Å². The van der Waals surface area contributed by atoms with Crippen molar-refractivity contribution in [3.8, 4) is 0 Å². The van der Waals surface area contributed by atoms with E-state index in [1.165, 1.54) is 24.8 Å². The van der Waals surface area contributed by atoms with Gasteiger partial charge in [0.05, 0.1) is 0 Å². The van der Waals surface area contributed by atoms with Gasteiger partial charge in [-0.1, -0.05) is 38.3 Å². The number of benzene rings is 1. The summed E-state index contributed by atoms with van der Waals surface area (Å²) in [7, 11) is 0. The van der Waals surface area contributed by atoms with Crippen molar-refractivity contribution in [3.63, 3.8) is 0 Å². The molecule has 1 unspecified atom stereocenters. The monoisotopic (exact) mass is 260 g/mol. The molecule has 0 bridgehead atoms. The van der Waals surface area contributed by atoms with Gasteiger partial charge in [-0.15, -0.1) is 0 Å². The molecule has 0 aromatic heterocycles. The molecule has 0 aliphatic heterocycles. The zero-order chi connectivity index (χ0) is 13.7. The number of carbonyl (C=O) groups is 1. The molecular weight excluding hydrogens is 236 g/mol. The molecule has 3 N–H and O–H groups in total. The molecule has 1 aliphatic rings. The van der Waals surface area contributed by atoms with E-state index in [-0.39, 0.29) is 5.91 Å². The van der Waals surface area contributed by atoms with Crippen LogP contribution in [0, 0.1) is 0 Å². The highest BCUT2D eigenvalue weighted by Gasteiger charge is 2.16. The molecule has 0 saturated heterocycles. The summed E-state index contributed by atoms with van der Waals surface area (Å²) in [4.78, 5) is 12.1. The van der Waals surface area contributed by atoms with Crippen LogP contribution in [0.2, 0.25) is 0 Å². The van der Waals surface area contributed by atoms with Crippen molar-refractivity contribution in [1.29, 1.82) is 0 Å². The highest BCUT2D eigenvalue weighted by atomic mass is 16.1. The van der Waals surface area contributed by atoms with E-state index >= 15 is 0 Å². The van der Waals surface area contributed by atoms with Crippen LogP contribution >= 0.6 is 0 Å². The Morgan fingerprint density at radius 1 is 1.26 bits per heavy atom. The van der Waals surface area contributed by atoms with Gasteiger partial charge in [0, 0.05) is 11.6 Å². The van der Waals surface area contributed by atoms with Crippen LogP contribution in [-0.2, 0) is 0 Å². The zero-order valence-electron chi connectivity index (χ0n) is 11.7. The van der Waals surface area contributed by atoms with Crippen LogP contribution in [0.25, 0.3) is 0 Å². The fourth-order valence-corrected chi connectivity index (χ4v) is 2.61. The first kappa shape index (κ1) is 14.1. The van der Waals surface area contributed by atoms with E-state index in [2.05, 4.69) is 12.2 Å². The first-order chi connectivity index (χ1) is 9.20. The summed E-state index contributed by atoms with van der Waals surface area (Å²) in [6.45, 7) is 2.73. The maximum absolute atomic E-state index is 12.1. The molecule has 104 valence electrons. The summed E-state index contributed by atoms with van der Waals surface area (Å²) in [6.07, 6.45) is 6.01. The second-order valence-electron chi connectivity index (χ2n) is 5.57. The van der Waals surface area contributed by atoms with Crippen molar-refractivity contribution in [2.24, 2.45) is 5.73 Å². The normalized spacial score (nSPS) is 18.0. The number of rotatable bonds is 4. The van der Waals surface area contributed by atoms with E-state index in [4.69, 9.17) is 5.73 Å². The van der Waals surface area contributed by atoms with E-state index in [0.29, 0.717) is 18.5 Å². The van der Waals surface area contributed by atoms with Gasteiger partial charge in [0.25, 0.3) is 5.91 Å². The van der Waals surface area contributed by atoms with Crippen LogP contribution in [0.4, 0.5) is 0 Å². The average Bonchev–Trinajstić information content (AvgIpc) is 2.47. The smallest absolute Gasteiger partial charge is 0.251 e. The average molecular weight is 260 g/mol. The SMILES string of the molecule is CC(CN)c1ccc(C(=O)NC2CCCCC2)cc1. The Bertz CT molecular complexity index is 407. The van der Waals surface area contributed by atoms with Gasteiger partial charge in [-0.05, 0) is 43.0 Å². The number of nitrogens with two attached hydrogens (primary N) is 1. The standard InChI is InChI=1S/C16H24N2O/c1-12(11-17)13-7-9-14(10-8-13)16(19)18-15-5-3-2-4-6-15/h7-10,12,15H,2-6,11,17H2,1H3,(H,18,19). The number of amides is 1. The van der Waals surface area contributed by atoms with Crippen LogP contribution in [0.3, 0.4) is 0 Å². The molecular formula is C16H24N2O. The van der Waals surface area contributed by atoms with E-state index in [9.17, 15) is 4.79 Å². The van der Waals surface area contributed by atoms with Gasteiger partial charge in [0.2, 0.25) is 0 Å². The van der Waals surface area contributed by atoms with Crippen LogP contribution in [0.15, 0.2) is 24.3 Å². The first-order valence-electron chi connectivity index (χ1n) is 7.31. The molecule has 3 nitrogen and oxygen atoms in total. The third-order valence-corrected chi connectivity index (χ3v) is 4.04. The molecule has 19 heavy (non-hydrogen) atoms. The van der Waals surface area contributed by atoms with Crippen molar-refractivity contribution in [2.45, 2.75) is 51.0 Å². The van der Waals surface area contributed by atoms with Crippen LogP contribution in [-0.4, -0.2) is 18.5 Å². The van der Waals surface area contributed by atoms with Gasteiger partial charge < -0.3 is 11.1 Å². The Morgan fingerprint density at radius 2 is 1.89 bits per heavy atom. The predicted octanol–water partition coefficient (Wildman–Crippen LogP) is 2.81. The van der Waals surface area contributed by atoms with Crippen molar-refractivity contribution in [1.82, 2.24) is 5.32 Å². The largest absolute Gasteiger partial charge is 0.349 e. The van der Waals surface area contributed by atoms with Gasteiger partial charge >= 0.3 is 0 Å². The lowest BCUT2D eigenvalue weighted by Gasteiger charge is -2.22. The maximum Gasteiger partial charge on any atom is 0.251 e. The second-order valence-corrected chi connectivity index (χ2v) is 5.57. The van der Waals surface area contributed by atoms with Gasteiger partial charge in [0.15, 0.2) is 0 Å². The zero-order valence-corrected chi connectivity index (χ0v) is 11.7. The molecule has 1 fully saturated rings. The number of nitrogens with one attached hydrogen (secondary N) is 1. The highest BCUT2D eigenvalue weighted by molar-refractivity contribution is 5.94. The quantitative estimate of drug-likeness (QED) is 0.874. The Hall–Kier alpha value is -1.35. The lowest BCUT2D eigenvalue weighted by molar-refractivity contribution is 0.0927. The fraction of sp³-hybridized carbons (Fsp3) is 0.562. The van der Waals surface area contributed by atoms with Crippen LogP contribution in [0.5, 0.6) is 0 Å². The number of hydrogen-bond acceptors (Lipinski definition) is 2. The first-order valence-corrected chi connectivity index (χ1v) is 7.31. The number of hydrogen-bond donors (Lipinski definition) is 2. The number of carbonyl (C=O) groups excluding carboxylic acids is 1. The third kappa shape index (κ3) is 3.80. The van der Waals surface area contributed by atoms with Gasteiger partial charge in [-0.25, -0.2) is 0 Å². The molecule has 0 heterocycles. The molecule has 2 rings (SSSR count). The minimum atomic E-state index is 0.0545. The summed E-state index contributed by atoms with van der Waals surface area (Å²) >= 11 is 0. The Kier molecular flexibility index (Phi) is 4.97. The maximum atomic E-state index is 12.1. The van der Waals surface area contributed by atoms with Crippen LogP contribution in [0.1, 0.15) is 60.9 Å². The Morgan fingerprint density at radius 3 is 2.47 bits per heavy atom. The molecule has 1 aromatic rings. The van der Waals surface area contributed by atoms with Crippen molar-refractivity contribution in [3.05, 3.63) is 35.4 Å². The summed E-state index contributed by atoms with van der Waals surface area (Å²) in [6, 6.07) is 8.18. The van der Waals surface area contributed by atoms with E-state index in [1.807, 2.05) is 24.3 Å². The molecule has 0 spiro atoms. The second kappa shape index (κ2) is 6.71. The lowest BCUT2D eigenvalue weighted by atomic mass is 9.95. The molecule has 1 amide bonds. The van der Waals surface area contributed by atoms with Crippen molar-refractivity contribution >= 4 is 5.91 Å². The molecule has 1 saturated carbocycles. The lowest BCUT2D eigenvalue weighted by Crippen LogP contribution is -2.36. The Labute approximate surface area is 115 Å². The molecule has 0 radical (unpaired) electrons. The summed E-state index contributed by atoms with van der Waals surface area (Å²) in [5.74, 6) is 0.398. The van der Waals surface area contributed by atoms with Gasteiger partial charge in [-0.3, -0.25) is 4.79 Å². The minimum Gasteiger partial charge on any atom is -0.349 e. The molecule has 1 aliphatic carbocycles. The molecule has 1 aromatic carbocycles. The third-order valence-electron chi connectivity index (χ3n) is 4.04.